The van der Waals surface area contributed by atoms with Crippen molar-refractivity contribution in [1.29, 1.82) is 0 Å². The molecule has 6 heteroatoms. The number of ether oxygens (including phenoxy) is 2. The number of carbonyl (C=O) groups excluding carboxylic acids is 2. The third-order valence-corrected chi connectivity index (χ3v) is 1.51. The predicted octanol–water partition coefficient (Wildman–Crippen LogP) is 0.540. The average molecular weight is 260 g/mol. The highest BCUT2D eigenvalue weighted by Crippen LogP contribution is 1.91. The number of esters is 2. The first kappa shape index (κ1) is 18.7. The van der Waals surface area contributed by atoms with E-state index in [2.05, 4.69) is 22.6 Å². The topological polar surface area (TPSA) is 93.1 Å². The van der Waals surface area contributed by atoms with E-state index in [-0.39, 0.29) is 6.61 Å². The van der Waals surface area contributed by atoms with Crippen LogP contribution in [0.5, 0.6) is 0 Å². The van der Waals surface area contributed by atoms with Gasteiger partial charge in [0.1, 0.15) is 6.61 Å². The van der Waals surface area contributed by atoms with Gasteiger partial charge in [-0.1, -0.05) is 20.1 Å². The fourth-order valence-electron chi connectivity index (χ4n) is 0.571. The Bertz CT molecular complexity index is 272. The molecule has 0 aromatic heterocycles. The molecule has 2 unspecified atom stereocenters. The SMILES string of the molecule is C=CC(=O)OC(C)O.C=CC(=O)OCC(O)CC. The molecule has 0 saturated heterocycles. The highest BCUT2D eigenvalue weighted by Gasteiger charge is 2.02. The van der Waals surface area contributed by atoms with Crippen LogP contribution in [0.15, 0.2) is 25.3 Å². The minimum atomic E-state index is -1.04. The Labute approximate surface area is 107 Å². The molecular weight excluding hydrogens is 240 g/mol. The molecular formula is C12H20O6. The number of hydrogen-bond acceptors (Lipinski definition) is 6. The molecule has 104 valence electrons. The minimum Gasteiger partial charge on any atom is -0.460 e. The molecule has 0 aliphatic rings. The fraction of sp³-hybridized carbons (Fsp3) is 0.500. The van der Waals surface area contributed by atoms with Crippen molar-refractivity contribution < 1.29 is 29.3 Å². The molecule has 0 fully saturated rings. The summed E-state index contributed by atoms with van der Waals surface area (Å²) in [5.41, 5.74) is 0. The fourth-order valence-corrected chi connectivity index (χ4v) is 0.571. The van der Waals surface area contributed by atoms with Gasteiger partial charge >= 0.3 is 11.9 Å². The van der Waals surface area contributed by atoms with Crippen molar-refractivity contribution in [2.75, 3.05) is 6.61 Å². The second-order valence-corrected chi connectivity index (χ2v) is 3.14. The van der Waals surface area contributed by atoms with Gasteiger partial charge in [-0.05, 0) is 13.3 Å². The Balaban J connectivity index is 0. The van der Waals surface area contributed by atoms with Gasteiger partial charge < -0.3 is 19.7 Å². The van der Waals surface area contributed by atoms with Crippen molar-refractivity contribution in [2.24, 2.45) is 0 Å². The van der Waals surface area contributed by atoms with Crippen molar-refractivity contribution in [3.8, 4) is 0 Å². The number of hydrogen-bond donors (Lipinski definition) is 2. The molecule has 2 atom stereocenters. The number of carbonyl (C=O) groups is 2. The molecule has 0 aromatic rings. The first-order valence-electron chi connectivity index (χ1n) is 5.35. The summed E-state index contributed by atoms with van der Waals surface area (Å²) in [6, 6.07) is 0. The van der Waals surface area contributed by atoms with E-state index < -0.39 is 24.3 Å². The van der Waals surface area contributed by atoms with E-state index >= 15 is 0 Å². The maximum Gasteiger partial charge on any atom is 0.332 e. The van der Waals surface area contributed by atoms with Gasteiger partial charge in [-0.15, -0.1) is 0 Å². The number of aliphatic hydroxyl groups is 2. The summed E-state index contributed by atoms with van der Waals surface area (Å²) < 4.78 is 8.73. The van der Waals surface area contributed by atoms with Crippen LogP contribution in [0.2, 0.25) is 0 Å². The molecule has 18 heavy (non-hydrogen) atoms. The molecule has 0 aliphatic heterocycles. The summed E-state index contributed by atoms with van der Waals surface area (Å²) in [6.45, 7) is 9.55. The Kier molecular flexibility index (Phi) is 12.3. The zero-order valence-corrected chi connectivity index (χ0v) is 10.7. The summed E-state index contributed by atoms with van der Waals surface area (Å²) in [4.78, 5) is 20.5. The van der Waals surface area contributed by atoms with Gasteiger partial charge in [0.05, 0.1) is 6.10 Å². The Hall–Kier alpha value is -1.66. The van der Waals surface area contributed by atoms with Crippen LogP contribution in [-0.2, 0) is 19.1 Å². The van der Waals surface area contributed by atoms with E-state index in [9.17, 15) is 9.59 Å². The normalized spacial score (nSPS) is 12.2. The van der Waals surface area contributed by atoms with E-state index in [1.165, 1.54) is 6.92 Å². The monoisotopic (exact) mass is 260 g/mol. The van der Waals surface area contributed by atoms with E-state index in [0.29, 0.717) is 6.42 Å². The second-order valence-electron chi connectivity index (χ2n) is 3.14. The maximum atomic E-state index is 10.4. The van der Waals surface area contributed by atoms with Gasteiger partial charge in [0.25, 0.3) is 0 Å². The lowest BCUT2D eigenvalue weighted by Crippen LogP contribution is -2.16. The van der Waals surface area contributed by atoms with E-state index in [1.54, 1.807) is 0 Å². The largest absolute Gasteiger partial charge is 0.460 e. The molecule has 0 aliphatic carbocycles. The Morgan fingerprint density at radius 3 is 2.00 bits per heavy atom. The molecule has 0 amide bonds. The third kappa shape index (κ3) is 14.3. The van der Waals surface area contributed by atoms with Gasteiger partial charge in [0.15, 0.2) is 6.29 Å². The summed E-state index contributed by atoms with van der Waals surface area (Å²) in [5.74, 6) is -1.10. The Morgan fingerprint density at radius 2 is 1.72 bits per heavy atom. The predicted molar refractivity (Wildman–Crippen MR) is 65.4 cm³/mol. The molecule has 0 heterocycles. The van der Waals surface area contributed by atoms with Crippen LogP contribution in [0.25, 0.3) is 0 Å². The van der Waals surface area contributed by atoms with Gasteiger partial charge in [-0.2, -0.15) is 0 Å². The zero-order chi connectivity index (χ0) is 14.6. The number of rotatable bonds is 6. The smallest absolute Gasteiger partial charge is 0.332 e. The van der Waals surface area contributed by atoms with E-state index in [4.69, 9.17) is 10.2 Å². The molecule has 6 nitrogen and oxygen atoms in total. The van der Waals surface area contributed by atoms with Crippen LogP contribution in [-0.4, -0.2) is 41.2 Å². The van der Waals surface area contributed by atoms with Crippen LogP contribution in [0.3, 0.4) is 0 Å². The van der Waals surface area contributed by atoms with Crippen LogP contribution in [0.1, 0.15) is 20.3 Å². The standard InChI is InChI=1S/C7H12O3.C5H8O3/c1-3-6(8)5-10-7(9)4-2;1-3-5(7)8-4(2)6/h4,6,8H,2-3,5H2,1H3;3-4,6H,1H2,2H3. The molecule has 2 N–H and O–H groups in total. The van der Waals surface area contributed by atoms with Crippen molar-refractivity contribution >= 4 is 11.9 Å². The zero-order valence-electron chi connectivity index (χ0n) is 10.7. The van der Waals surface area contributed by atoms with Crippen molar-refractivity contribution in [2.45, 2.75) is 32.7 Å². The van der Waals surface area contributed by atoms with Crippen molar-refractivity contribution in [3.63, 3.8) is 0 Å². The minimum absolute atomic E-state index is 0.0569. The lowest BCUT2D eigenvalue weighted by molar-refractivity contribution is -0.158. The first-order valence-corrected chi connectivity index (χ1v) is 5.35. The van der Waals surface area contributed by atoms with E-state index in [1.807, 2.05) is 6.92 Å². The quantitative estimate of drug-likeness (QED) is 0.411. The lowest BCUT2D eigenvalue weighted by atomic mass is 10.3. The maximum absolute atomic E-state index is 10.4. The molecule has 0 aromatic carbocycles. The van der Waals surface area contributed by atoms with Crippen LogP contribution < -0.4 is 0 Å². The van der Waals surface area contributed by atoms with E-state index in [0.717, 1.165) is 12.2 Å². The van der Waals surface area contributed by atoms with Crippen molar-refractivity contribution in [1.82, 2.24) is 0 Å². The lowest BCUT2D eigenvalue weighted by Gasteiger charge is -2.05. The van der Waals surface area contributed by atoms with Crippen LogP contribution in [0, 0.1) is 0 Å². The summed E-state index contributed by atoms with van der Waals surface area (Å²) in [7, 11) is 0. The molecule has 0 saturated carbocycles. The molecule has 0 rings (SSSR count). The molecule has 0 bridgehead atoms. The molecule has 0 spiro atoms. The first-order chi connectivity index (χ1) is 8.37. The average Bonchev–Trinajstić information content (AvgIpc) is 2.35. The molecule has 0 radical (unpaired) electrons. The second kappa shape index (κ2) is 11.8. The summed E-state index contributed by atoms with van der Waals surface area (Å²) in [5, 5.41) is 17.3. The van der Waals surface area contributed by atoms with Gasteiger partial charge in [-0.3, -0.25) is 0 Å². The van der Waals surface area contributed by atoms with Crippen molar-refractivity contribution in [3.05, 3.63) is 25.3 Å². The van der Waals surface area contributed by atoms with Crippen LogP contribution in [0.4, 0.5) is 0 Å². The highest BCUT2D eigenvalue weighted by molar-refractivity contribution is 5.81. The number of aliphatic hydroxyl groups excluding tert-OH is 2. The van der Waals surface area contributed by atoms with Gasteiger partial charge in [0.2, 0.25) is 0 Å². The Morgan fingerprint density at radius 1 is 1.22 bits per heavy atom. The summed E-state index contributed by atoms with van der Waals surface area (Å²) in [6.07, 6.45) is 1.06. The van der Waals surface area contributed by atoms with Gasteiger partial charge in [0, 0.05) is 12.2 Å². The van der Waals surface area contributed by atoms with Crippen LogP contribution >= 0.6 is 0 Å². The third-order valence-electron chi connectivity index (χ3n) is 1.51. The van der Waals surface area contributed by atoms with Gasteiger partial charge in [-0.25, -0.2) is 9.59 Å². The summed E-state index contributed by atoms with van der Waals surface area (Å²) >= 11 is 0. The highest BCUT2D eigenvalue weighted by atomic mass is 16.6.